The number of hydrazine groups is 1. The molecule has 186 valence electrons. The van der Waals surface area contributed by atoms with Gasteiger partial charge in [0, 0.05) is 17.4 Å². The van der Waals surface area contributed by atoms with Gasteiger partial charge in [-0.05, 0) is 36.8 Å². The Balaban J connectivity index is 2.02. The minimum Gasteiger partial charge on any atom is -0.464 e. The van der Waals surface area contributed by atoms with Crippen LogP contribution in [-0.4, -0.2) is 50.0 Å². The molecule has 0 saturated heterocycles. The normalized spacial score (nSPS) is 10.1. The van der Waals surface area contributed by atoms with Gasteiger partial charge in [0.15, 0.2) is 0 Å². The van der Waals surface area contributed by atoms with Crippen LogP contribution in [0.1, 0.15) is 28.8 Å². The summed E-state index contributed by atoms with van der Waals surface area (Å²) in [6.45, 7) is 2.83. The number of hydrogen-bond donors (Lipinski definition) is 2. The molecule has 1 heterocycles. The van der Waals surface area contributed by atoms with Gasteiger partial charge in [-0.25, -0.2) is 0 Å². The maximum Gasteiger partial charge on any atom is 0.307 e. The van der Waals surface area contributed by atoms with E-state index in [1.165, 1.54) is 11.3 Å². The molecule has 0 aliphatic heterocycles. The highest BCUT2D eigenvalue weighted by molar-refractivity contribution is 7.17. The monoisotopic (exact) mass is 537 g/mol. The molecule has 0 atom stereocenters. The second-order valence-corrected chi connectivity index (χ2v) is 8.86. The molecule has 12 heteroatoms. The summed E-state index contributed by atoms with van der Waals surface area (Å²) in [5, 5.41) is 19.1. The lowest BCUT2D eigenvalue weighted by Gasteiger charge is -2.25. The predicted octanol–water partition coefficient (Wildman–Crippen LogP) is 4.39. The van der Waals surface area contributed by atoms with Crippen LogP contribution < -0.4 is 15.8 Å². The summed E-state index contributed by atoms with van der Waals surface area (Å²) in [6, 6.07) is 11.6. The zero-order valence-electron chi connectivity index (χ0n) is 19.1. The molecule has 0 saturated carbocycles. The number of nitriles is 2. The molecular weight excluding hydrogens is 513 g/mol. The van der Waals surface area contributed by atoms with Gasteiger partial charge < -0.3 is 19.8 Å². The van der Waals surface area contributed by atoms with Crippen molar-refractivity contribution < 1.29 is 19.1 Å². The van der Waals surface area contributed by atoms with Gasteiger partial charge in [0.1, 0.15) is 35.2 Å². The number of anilines is 3. The van der Waals surface area contributed by atoms with Crippen LogP contribution in [0.25, 0.3) is 0 Å². The Morgan fingerprint density at radius 3 is 2.03 bits per heavy atom. The summed E-state index contributed by atoms with van der Waals surface area (Å²) in [5.41, 5.74) is 8.64. The molecule has 0 radical (unpaired) electrons. The van der Waals surface area contributed by atoms with Gasteiger partial charge in [0.05, 0.1) is 37.2 Å². The van der Waals surface area contributed by atoms with Crippen molar-refractivity contribution in [3.05, 3.63) is 40.3 Å². The molecule has 0 aliphatic rings. The summed E-state index contributed by atoms with van der Waals surface area (Å²) < 4.78 is 10.4. The maximum absolute atomic E-state index is 11.6. The van der Waals surface area contributed by atoms with Crippen molar-refractivity contribution in [2.75, 3.05) is 53.8 Å². The van der Waals surface area contributed by atoms with Crippen molar-refractivity contribution in [2.45, 2.75) is 19.8 Å². The van der Waals surface area contributed by atoms with Crippen molar-refractivity contribution in [1.82, 2.24) is 0 Å². The zero-order valence-corrected chi connectivity index (χ0v) is 21.4. The molecule has 2 N–H and O–H groups in total. The Kier molecular flexibility index (Phi) is 12.0. The number of nitrogens with one attached hydrogen (secondary N) is 2. The van der Waals surface area contributed by atoms with Crippen molar-refractivity contribution in [2.24, 2.45) is 0 Å². The van der Waals surface area contributed by atoms with Gasteiger partial charge >= 0.3 is 11.9 Å². The fourth-order valence-corrected chi connectivity index (χ4v) is 4.15. The first-order valence-electron chi connectivity index (χ1n) is 10.7. The van der Waals surface area contributed by atoms with Crippen LogP contribution in [0.3, 0.4) is 0 Å². The van der Waals surface area contributed by atoms with Crippen LogP contribution in [0.5, 0.6) is 0 Å². The van der Waals surface area contributed by atoms with E-state index >= 15 is 0 Å². The Morgan fingerprint density at radius 1 is 0.971 bits per heavy atom. The van der Waals surface area contributed by atoms with E-state index in [9.17, 15) is 20.1 Å². The van der Waals surface area contributed by atoms with E-state index in [-0.39, 0.29) is 49.8 Å². The minimum absolute atomic E-state index is 0.137. The first kappa shape index (κ1) is 28.1. The van der Waals surface area contributed by atoms with Crippen molar-refractivity contribution in [3.8, 4) is 12.1 Å². The number of alkyl halides is 2. The molecule has 0 fully saturated rings. The number of esters is 2. The van der Waals surface area contributed by atoms with Crippen LogP contribution in [-0.2, 0) is 19.1 Å². The number of nitrogens with zero attached hydrogens (tertiary/aromatic N) is 3. The first-order valence-corrected chi connectivity index (χ1v) is 12.6. The van der Waals surface area contributed by atoms with E-state index in [1.807, 2.05) is 29.2 Å². The molecule has 1 aromatic carbocycles. The second-order valence-electron chi connectivity index (χ2n) is 7.09. The van der Waals surface area contributed by atoms with Gasteiger partial charge in [-0.1, -0.05) is 0 Å². The average molecular weight is 538 g/mol. The lowest BCUT2D eigenvalue weighted by Crippen LogP contribution is -2.32. The number of hydrogen-bond acceptors (Lipinski definition) is 10. The number of carbonyl (C=O) groups is 2. The first-order chi connectivity index (χ1) is 16.9. The van der Waals surface area contributed by atoms with Crippen LogP contribution in [0.15, 0.2) is 24.3 Å². The zero-order chi connectivity index (χ0) is 25.6. The maximum atomic E-state index is 11.6. The number of benzene rings is 1. The third-order valence-corrected chi connectivity index (χ3v) is 6.25. The molecule has 35 heavy (non-hydrogen) atoms. The minimum atomic E-state index is -0.376. The van der Waals surface area contributed by atoms with Gasteiger partial charge in [0.2, 0.25) is 0 Å². The van der Waals surface area contributed by atoms with E-state index in [0.717, 1.165) is 11.4 Å². The van der Waals surface area contributed by atoms with E-state index in [4.69, 9.17) is 32.7 Å². The largest absolute Gasteiger partial charge is 0.464 e. The molecule has 0 aliphatic carbocycles. The average Bonchev–Trinajstić information content (AvgIpc) is 3.16. The number of carbonyl (C=O) groups excluding carboxylic acids is 2. The molecule has 0 unspecified atom stereocenters. The Bertz CT molecular complexity index is 1060. The van der Waals surface area contributed by atoms with Crippen molar-refractivity contribution in [1.29, 1.82) is 10.5 Å². The summed E-state index contributed by atoms with van der Waals surface area (Å²) in [7, 11) is 0. The molecule has 0 amide bonds. The Hall–Kier alpha value is -3.18. The molecule has 1 aromatic heterocycles. The van der Waals surface area contributed by atoms with E-state index in [0.29, 0.717) is 34.1 Å². The van der Waals surface area contributed by atoms with Crippen LogP contribution in [0.4, 0.5) is 16.4 Å². The van der Waals surface area contributed by atoms with E-state index in [1.54, 1.807) is 6.92 Å². The van der Waals surface area contributed by atoms with Gasteiger partial charge in [-0.2, -0.15) is 10.5 Å². The molecule has 0 bridgehead atoms. The van der Waals surface area contributed by atoms with Gasteiger partial charge in [0.25, 0.3) is 0 Å². The van der Waals surface area contributed by atoms with Crippen molar-refractivity contribution in [3.63, 3.8) is 0 Å². The fraction of sp³-hybridized carbons (Fsp3) is 0.391. The fourth-order valence-electron chi connectivity index (χ4n) is 2.94. The number of ether oxygens (including phenoxy) is 2. The SMILES string of the molecule is Cc1c(C#N)sc(NNc2ccc(N(CCOC(=O)CCCl)CCOC(=O)CCCl)cc2)c1C#N. The summed E-state index contributed by atoms with van der Waals surface area (Å²) in [4.78, 5) is 25.6. The smallest absolute Gasteiger partial charge is 0.307 e. The van der Waals surface area contributed by atoms with Gasteiger partial charge in [-0.3, -0.25) is 15.0 Å². The summed E-state index contributed by atoms with van der Waals surface area (Å²) in [6.07, 6.45) is 0.274. The Labute approximate surface area is 218 Å². The third kappa shape index (κ3) is 8.84. The topological polar surface area (TPSA) is 127 Å². The summed E-state index contributed by atoms with van der Waals surface area (Å²) >= 11 is 12.3. The van der Waals surface area contributed by atoms with Crippen molar-refractivity contribution >= 4 is 62.9 Å². The summed E-state index contributed by atoms with van der Waals surface area (Å²) in [5.74, 6) is -0.362. The number of thiophene rings is 1. The highest BCUT2D eigenvalue weighted by Crippen LogP contribution is 2.32. The molecule has 2 rings (SSSR count). The third-order valence-electron chi connectivity index (χ3n) is 4.76. The molecule has 0 spiro atoms. The molecule has 9 nitrogen and oxygen atoms in total. The molecular formula is C23H25Cl2N5O4S. The van der Waals surface area contributed by atoms with Gasteiger partial charge in [-0.15, -0.1) is 34.5 Å². The number of rotatable bonds is 14. The number of halogens is 2. The van der Waals surface area contributed by atoms with Crippen LogP contribution in [0, 0.1) is 29.6 Å². The lowest BCUT2D eigenvalue weighted by atomic mass is 10.2. The lowest BCUT2D eigenvalue weighted by molar-refractivity contribution is -0.143. The highest BCUT2D eigenvalue weighted by Gasteiger charge is 2.15. The molecule has 2 aromatic rings. The Morgan fingerprint density at radius 2 is 1.54 bits per heavy atom. The van der Waals surface area contributed by atoms with Crippen LogP contribution in [0.2, 0.25) is 0 Å². The van der Waals surface area contributed by atoms with E-state index < -0.39 is 0 Å². The van der Waals surface area contributed by atoms with Crippen LogP contribution >= 0.6 is 34.5 Å². The highest BCUT2D eigenvalue weighted by atomic mass is 35.5. The standard InChI is InChI=1S/C23H25Cl2N5O4S/c1-16-19(14-26)23(35-20(16)15-27)29-28-17-2-4-18(5-3-17)30(10-12-33-21(31)6-8-24)11-13-34-22(32)7-9-25/h2-5,28-29H,6-13H2,1H3. The second kappa shape index (κ2) is 14.9. The quantitative estimate of drug-likeness (QED) is 0.205. The van der Waals surface area contributed by atoms with E-state index in [2.05, 4.69) is 23.0 Å². The predicted molar refractivity (Wildman–Crippen MR) is 137 cm³/mol.